The van der Waals surface area contributed by atoms with Crippen molar-refractivity contribution < 1.29 is 14.7 Å². The van der Waals surface area contributed by atoms with Crippen molar-refractivity contribution in [2.45, 2.75) is 33.7 Å². The molecule has 0 fully saturated rings. The normalized spacial score (nSPS) is 12.7. The molecule has 0 heterocycles. The topological polar surface area (TPSA) is 78.4 Å². The number of nitrogens with one attached hydrogen (secondary N) is 2. The van der Waals surface area contributed by atoms with Gasteiger partial charge in [0.1, 0.15) is 6.04 Å². The maximum absolute atomic E-state index is 11.8. The summed E-state index contributed by atoms with van der Waals surface area (Å²) in [5.41, 5.74) is 0.820. The number of carboxylic acid groups (broad SMARTS) is 1. The summed E-state index contributed by atoms with van der Waals surface area (Å²) in [5, 5.41) is 14.7. The zero-order valence-electron chi connectivity index (χ0n) is 12.0. The Kier molecular flexibility index (Phi) is 5.00. The molecule has 0 saturated heterocycles. The Labute approximate surface area is 123 Å². The van der Waals surface area contributed by atoms with E-state index in [4.69, 9.17) is 16.7 Å². The molecule has 6 heteroatoms. The van der Waals surface area contributed by atoms with E-state index in [1.807, 2.05) is 6.92 Å². The SMILES string of the molecule is Cc1ccc(NC(=O)N[C@H](C(=O)O)C(C)(C)C)cc1Cl. The monoisotopic (exact) mass is 298 g/mol. The molecule has 5 nitrogen and oxygen atoms in total. The second-order valence-corrected chi connectivity index (χ2v) is 6.11. The number of rotatable bonds is 3. The molecular formula is C14H19ClN2O3. The molecule has 0 aliphatic heterocycles. The van der Waals surface area contributed by atoms with Gasteiger partial charge in [-0.25, -0.2) is 9.59 Å². The summed E-state index contributed by atoms with van der Waals surface area (Å²) in [6.45, 7) is 7.09. The third-order valence-electron chi connectivity index (χ3n) is 2.82. The fraction of sp³-hybridized carbons (Fsp3) is 0.429. The van der Waals surface area contributed by atoms with E-state index in [1.54, 1.807) is 39.0 Å². The van der Waals surface area contributed by atoms with Crippen LogP contribution in [-0.2, 0) is 4.79 Å². The van der Waals surface area contributed by atoms with E-state index in [-0.39, 0.29) is 0 Å². The fourth-order valence-corrected chi connectivity index (χ4v) is 1.80. The quantitative estimate of drug-likeness (QED) is 0.801. The molecule has 1 rings (SSSR count). The molecule has 1 aromatic carbocycles. The number of amides is 2. The predicted molar refractivity (Wildman–Crippen MR) is 79.2 cm³/mol. The van der Waals surface area contributed by atoms with E-state index in [0.29, 0.717) is 10.7 Å². The van der Waals surface area contributed by atoms with Gasteiger partial charge in [-0.3, -0.25) is 0 Å². The van der Waals surface area contributed by atoms with Crippen molar-refractivity contribution in [3.8, 4) is 0 Å². The number of carbonyl (C=O) groups excluding carboxylic acids is 1. The summed E-state index contributed by atoms with van der Waals surface area (Å²) in [4.78, 5) is 23.0. The van der Waals surface area contributed by atoms with E-state index in [2.05, 4.69) is 10.6 Å². The van der Waals surface area contributed by atoms with Crippen LogP contribution in [0.2, 0.25) is 5.02 Å². The average molecular weight is 299 g/mol. The van der Waals surface area contributed by atoms with E-state index in [0.717, 1.165) is 5.56 Å². The fourth-order valence-electron chi connectivity index (χ4n) is 1.62. The van der Waals surface area contributed by atoms with Crippen LogP contribution in [0.5, 0.6) is 0 Å². The summed E-state index contributed by atoms with van der Waals surface area (Å²) in [7, 11) is 0. The van der Waals surface area contributed by atoms with Gasteiger partial charge in [-0.1, -0.05) is 38.4 Å². The lowest BCUT2D eigenvalue weighted by molar-refractivity contribution is -0.141. The van der Waals surface area contributed by atoms with Crippen LogP contribution in [0, 0.1) is 12.3 Å². The Morgan fingerprint density at radius 3 is 2.35 bits per heavy atom. The Hall–Kier alpha value is -1.75. The molecule has 0 aliphatic rings. The molecule has 3 N–H and O–H groups in total. The van der Waals surface area contributed by atoms with Crippen LogP contribution >= 0.6 is 11.6 Å². The molecule has 0 bridgehead atoms. The van der Waals surface area contributed by atoms with Gasteiger partial charge in [-0.2, -0.15) is 0 Å². The molecule has 0 spiro atoms. The molecule has 0 aliphatic carbocycles. The second kappa shape index (κ2) is 6.13. The van der Waals surface area contributed by atoms with Crippen molar-refractivity contribution in [3.05, 3.63) is 28.8 Å². The lowest BCUT2D eigenvalue weighted by atomic mass is 9.87. The third kappa shape index (κ3) is 4.42. The minimum absolute atomic E-state index is 0.510. The molecule has 0 saturated carbocycles. The molecule has 1 aromatic rings. The van der Waals surface area contributed by atoms with Crippen LogP contribution in [0.3, 0.4) is 0 Å². The highest BCUT2D eigenvalue weighted by Gasteiger charge is 2.32. The first kappa shape index (κ1) is 16.3. The van der Waals surface area contributed by atoms with Gasteiger partial charge in [-0.15, -0.1) is 0 Å². The maximum atomic E-state index is 11.8. The van der Waals surface area contributed by atoms with Gasteiger partial charge in [0.25, 0.3) is 0 Å². The molecule has 0 radical (unpaired) electrons. The lowest BCUT2D eigenvalue weighted by Gasteiger charge is -2.27. The van der Waals surface area contributed by atoms with Crippen molar-refractivity contribution >= 4 is 29.3 Å². The van der Waals surface area contributed by atoms with Crippen molar-refractivity contribution in [2.75, 3.05) is 5.32 Å². The summed E-state index contributed by atoms with van der Waals surface area (Å²) in [6, 6.07) is 3.53. The smallest absolute Gasteiger partial charge is 0.326 e. The largest absolute Gasteiger partial charge is 0.480 e. The van der Waals surface area contributed by atoms with Gasteiger partial charge in [0.2, 0.25) is 0 Å². The number of benzene rings is 1. The van der Waals surface area contributed by atoms with Crippen LogP contribution in [0.1, 0.15) is 26.3 Å². The molecule has 2 amide bonds. The molecule has 1 atom stereocenters. The number of halogens is 1. The standard InChI is InChI=1S/C14H19ClN2O3/c1-8-5-6-9(7-10(8)15)16-13(20)17-11(12(18)19)14(2,3)4/h5-7,11H,1-4H3,(H,18,19)(H2,16,17,20)/t11-/m1/s1. The molecular weight excluding hydrogens is 280 g/mol. The van der Waals surface area contributed by atoms with Gasteiger partial charge >= 0.3 is 12.0 Å². The molecule has 110 valence electrons. The number of carboxylic acids is 1. The minimum atomic E-state index is -1.07. The van der Waals surface area contributed by atoms with Crippen molar-refractivity contribution in [3.63, 3.8) is 0 Å². The van der Waals surface area contributed by atoms with Gasteiger partial charge in [0.15, 0.2) is 0 Å². The highest BCUT2D eigenvalue weighted by atomic mass is 35.5. The number of anilines is 1. The van der Waals surface area contributed by atoms with E-state index < -0.39 is 23.5 Å². The highest BCUT2D eigenvalue weighted by molar-refractivity contribution is 6.31. The lowest BCUT2D eigenvalue weighted by Crippen LogP contribution is -2.50. The Balaban J connectivity index is 2.76. The maximum Gasteiger partial charge on any atom is 0.326 e. The number of hydrogen-bond donors (Lipinski definition) is 3. The zero-order chi connectivity index (χ0) is 15.5. The summed E-state index contributed by atoms with van der Waals surface area (Å²) >= 11 is 5.96. The van der Waals surface area contributed by atoms with Gasteiger partial charge < -0.3 is 15.7 Å². The first-order chi connectivity index (χ1) is 9.11. The molecule has 20 heavy (non-hydrogen) atoms. The van der Waals surface area contributed by atoms with E-state index in [9.17, 15) is 9.59 Å². The first-order valence-electron chi connectivity index (χ1n) is 6.17. The van der Waals surface area contributed by atoms with Crippen LogP contribution in [0.4, 0.5) is 10.5 Å². The Morgan fingerprint density at radius 1 is 1.30 bits per heavy atom. The van der Waals surface area contributed by atoms with Crippen molar-refractivity contribution in [1.82, 2.24) is 5.32 Å². The summed E-state index contributed by atoms with van der Waals surface area (Å²) in [6.07, 6.45) is 0. The Bertz CT molecular complexity index is 524. The highest BCUT2D eigenvalue weighted by Crippen LogP contribution is 2.21. The number of aliphatic carboxylic acids is 1. The van der Waals surface area contributed by atoms with E-state index in [1.165, 1.54) is 0 Å². The zero-order valence-corrected chi connectivity index (χ0v) is 12.7. The first-order valence-corrected chi connectivity index (χ1v) is 6.55. The Morgan fingerprint density at radius 2 is 1.90 bits per heavy atom. The molecule has 0 aromatic heterocycles. The van der Waals surface area contributed by atoms with Gasteiger partial charge in [-0.05, 0) is 30.0 Å². The van der Waals surface area contributed by atoms with Crippen LogP contribution < -0.4 is 10.6 Å². The van der Waals surface area contributed by atoms with Crippen LogP contribution in [-0.4, -0.2) is 23.1 Å². The minimum Gasteiger partial charge on any atom is -0.480 e. The number of urea groups is 1. The molecule has 0 unspecified atom stereocenters. The van der Waals surface area contributed by atoms with Crippen molar-refractivity contribution in [1.29, 1.82) is 0 Å². The van der Waals surface area contributed by atoms with Crippen LogP contribution in [0.25, 0.3) is 0 Å². The number of carbonyl (C=O) groups is 2. The van der Waals surface area contributed by atoms with Crippen LogP contribution in [0.15, 0.2) is 18.2 Å². The predicted octanol–water partition coefficient (Wildman–Crippen LogP) is 3.27. The van der Waals surface area contributed by atoms with E-state index >= 15 is 0 Å². The summed E-state index contributed by atoms with van der Waals surface area (Å²) < 4.78 is 0. The van der Waals surface area contributed by atoms with Crippen molar-refractivity contribution in [2.24, 2.45) is 5.41 Å². The van der Waals surface area contributed by atoms with Gasteiger partial charge in [0, 0.05) is 10.7 Å². The number of aryl methyl sites for hydroxylation is 1. The third-order valence-corrected chi connectivity index (χ3v) is 3.23. The second-order valence-electron chi connectivity index (χ2n) is 5.70. The summed E-state index contributed by atoms with van der Waals surface area (Å²) in [5.74, 6) is -1.07. The van der Waals surface area contributed by atoms with Gasteiger partial charge in [0.05, 0.1) is 0 Å². The number of hydrogen-bond acceptors (Lipinski definition) is 2. The average Bonchev–Trinajstić information content (AvgIpc) is 2.29.